The van der Waals surface area contributed by atoms with E-state index >= 15 is 0 Å². The van der Waals surface area contributed by atoms with Gasteiger partial charge in [0.15, 0.2) is 0 Å². The Morgan fingerprint density at radius 2 is 2.06 bits per heavy atom. The molecular weight excluding hydrogens is 400 g/mol. The van der Waals surface area contributed by atoms with E-state index in [0.29, 0.717) is 6.04 Å². The van der Waals surface area contributed by atoms with Gasteiger partial charge in [-0.15, -0.1) is 0 Å². The first kappa shape index (κ1) is 22.7. The molecule has 0 aliphatic carbocycles. The predicted molar refractivity (Wildman–Crippen MR) is 128 cm³/mol. The molecule has 2 aromatic rings. The van der Waals surface area contributed by atoms with Crippen molar-refractivity contribution in [3.63, 3.8) is 0 Å². The van der Waals surface area contributed by atoms with Crippen molar-refractivity contribution < 1.29 is 9.90 Å². The average Bonchev–Trinajstić information content (AvgIpc) is 3.29. The maximum atomic E-state index is 11.9. The Bertz CT molecular complexity index is 889. The van der Waals surface area contributed by atoms with Gasteiger partial charge in [-0.3, -0.25) is 9.69 Å². The molecule has 1 aromatic carbocycles. The fourth-order valence-electron chi connectivity index (χ4n) is 5.04. The van der Waals surface area contributed by atoms with E-state index in [2.05, 4.69) is 34.3 Å². The summed E-state index contributed by atoms with van der Waals surface area (Å²) in [7, 11) is 2.18. The lowest BCUT2D eigenvalue weighted by Crippen LogP contribution is -2.38. The predicted octanol–water partition coefficient (Wildman–Crippen LogP) is 3.98. The van der Waals surface area contributed by atoms with Gasteiger partial charge in [0.2, 0.25) is 0 Å². The number of fused-ring (bicyclic) bond motifs is 1. The number of nitrogens with one attached hydrogen (secondary N) is 1. The fraction of sp³-hybridized carbons (Fsp3) is 0.538. The van der Waals surface area contributed by atoms with E-state index in [1.807, 2.05) is 30.3 Å². The summed E-state index contributed by atoms with van der Waals surface area (Å²) in [5.74, 6) is 0.333. The molecule has 1 fully saturated rings. The highest BCUT2D eigenvalue weighted by molar-refractivity contribution is 5.75. The van der Waals surface area contributed by atoms with Crippen LogP contribution in [0.1, 0.15) is 55.0 Å². The van der Waals surface area contributed by atoms with Crippen molar-refractivity contribution in [2.24, 2.45) is 0 Å². The standard InChI is InChI=1S/C26H36N4O2/c1-29(17-7-3-6-12-22-14-13-21-11-8-16-27-25(21)28-22)23-15-18-30(19-23)24(26(31)32)20-9-4-2-5-10-20/h2,4-5,9-10,13-14,23-24H,3,6-8,11-12,15-19H2,1H3,(H,27,28)(H,31,32). The lowest BCUT2D eigenvalue weighted by Gasteiger charge is -2.27. The second kappa shape index (κ2) is 10.9. The van der Waals surface area contributed by atoms with Crippen LogP contribution in [-0.4, -0.2) is 65.1 Å². The zero-order chi connectivity index (χ0) is 22.3. The Hall–Kier alpha value is -2.44. The van der Waals surface area contributed by atoms with Crippen LogP contribution in [0.3, 0.4) is 0 Å². The highest BCUT2D eigenvalue weighted by Gasteiger charge is 2.34. The highest BCUT2D eigenvalue weighted by Crippen LogP contribution is 2.27. The van der Waals surface area contributed by atoms with Crippen LogP contribution in [0, 0.1) is 0 Å². The summed E-state index contributed by atoms with van der Waals surface area (Å²) in [6.45, 7) is 3.74. The monoisotopic (exact) mass is 436 g/mol. The number of rotatable bonds is 10. The van der Waals surface area contributed by atoms with E-state index in [0.717, 1.165) is 69.7 Å². The van der Waals surface area contributed by atoms with E-state index in [1.54, 1.807) is 0 Å². The molecular formula is C26H36N4O2. The number of unbranched alkanes of at least 4 members (excludes halogenated alkanes) is 2. The van der Waals surface area contributed by atoms with Crippen molar-refractivity contribution in [1.29, 1.82) is 0 Å². The third-order valence-electron chi connectivity index (χ3n) is 6.93. The molecule has 2 atom stereocenters. The molecule has 6 nitrogen and oxygen atoms in total. The zero-order valence-corrected chi connectivity index (χ0v) is 19.2. The Balaban J connectivity index is 1.19. The summed E-state index contributed by atoms with van der Waals surface area (Å²) in [6, 6.07) is 13.9. The van der Waals surface area contributed by atoms with E-state index < -0.39 is 12.0 Å². The number of aliphatic carboxylic acids is 1. The average molecular weight is 437 g/mol. The minimum atomic E-state index is -0.759. The minimum Gasteiger partial charge on any atom is -0.480 e. The number of hydrogen-bond donors (Lipinski definition) is 2. The Morgan fingerprint density at radius 1 is 1.22 bits per heavy atom. The number of aromatic nitrogens is 1. The number of nitrogens with zero attached hydrogens (tertiary/aromatic N) is 3. The van der Waals surface area contributed by atoms with Crippen LogP contribution in [0.4, 0.5) is 5.82 Å². The summed E-state index contributed by atoms with van der Waals surface area (Å²) < 4.78 is 0. The summed E-state index contributed by atoms with van der Waals surface area (Å²) in [6.07, 6.45) is 7.91. The van der Waals surface area contributed by atoms with E-state index in [9.17, 15) is 9.90 Å². The number of carbonyl (C=O) groups is 1. The van der Waals surface area contributed by atoms with Crippen LogP contribution in [-0.2, 0) is 17.6 Å². The van der Waals surface area contributed by atoms with Crippen molar-refractivity contribution in [3.05, 3.63) is 59.3 Å². The second-order valence-corrected chi connectivity index (χ2v) is 9.22. The van der Waals surface area contributed by atoms with Gasteiger partial charge in [0.05, 0.1) is 0 Å². The maximum Gasteiger partial charge on any atom is 0.325 e. The molecule has 4 rings (SSSR count). The molecule has 0 radical (unpaired) electrons. The summed E-state index contributed by atoms with van der Waals surface area (Å²) in [4.78, 5) is 21.3. The van der Waals surface area contributed by atoms with Gasteiger partial charge in [0.25, 0.3) is 0 Å². The third kappa shape index (κ3) is 5.67. The second-order valence-electron chi connectivity index (χ2n) is 9.22. The number of carboxylic acids is 1. The largest absolute Gasteiger partial charge is 0.480 e. The first-order valence-corrected chi connectivity index (χ1v) is 12.1. The maximum absolute atomic E-state index is 11.9. The normalized spacial score (nSPS) is 19.5. The first-order valence-electron chi connectivity index (χ1n) is 12.1. The number of aryl methyl sites for hydroxylation is 2. The SMILES string of the molecule is CN(CCCCCc1ccc2c(n1)NCCC2)C1CCN(C(C(=O)O)c2ccccc2)C1. The molecule has 0 saturated carbocycles. The van der Waals surface area contributed by atoms with Crippen LogP contribution >= 0.6 is 0 Å². The van der Waals surface area contributed by atoms with Gasteiger partial charge in [0.1, 0.15) is 11.9 Å². The number of carboxylic acid groups (broad SMARTS) is 1. The number of benzene rings is 1. The molecule has 32 heavy (non-hydrogen) atoms. The summed E-state index contributed by atoms with van der Waals surface area (Å²) in [5, 5.41) is 13.2. The lowest BCUT2D eigenvalue weighted by atomic mass is 10.1. The van der Waals surface area contributed by atoms with Gasteiger partial charge in [0, 0.05) is 31.4 Å². The topological polar surface area (TPSA) is 68.7 Å². The fourth-order valence-corrected chi connectivity index (χ4v) is 5.04. The summed E-state index contributed by atoms with van der Waals surface area (Å²) >= 11 is 0. The van der Waals surface area contributed by atoms with Crippen LogP contribution < -0.4 is 5.32 Å². The van der Waals surface area contributed by atoms with Crippen molar-refractivity contribution >= 4 is 11.8 Å². The van der Waals surface area contributed by atoms with Crippen LogP contribution in [0.2, 0.25) is 0 Å². The molecule has 2 aliphatic rings. The zero-order valence-electron chi connectivity index (χ0n) is 19.2. The Labute approximate surface area is 191 Å². The third-order valence-corrected chi connectivity index (χ3v) is 6.93. The Kier molecular flexibility index (Phi) is 7.76. The molecule has 2 unspecified atom stereocenters. The molecule has 2 N–H and O–H groups in total. The molecule has 1 aromatic heterocycles. The van der Waals surface area contributed by atoms with E-state index in [-0.39, 0.29) is 0 Å². The molecule has 0 amide bonds. The molecule has 3 heterocycles. The van der Waals surface area contributed by atoms with Gasteiger partial charge < -0.3 is 15.3 Å². The van der Waals surface area contributed by atoms with E-state index in [4.69, 9.17) is 4.98 Å². The molecule has 1 saturated heterocycles. The van der Waals surface area contributed by atoms with Gasteiger partial charge in [-0.25, -0.2) is 4.98 Å². The smallest absolute Gasteiger partial charge is 0.325 e. The molecule has 0 bridgehead atoms. The van der Waals surface area contributed by atoms with Crippen LogP contribution in [0.5, 0.6) is 0 Å². The number of likely N-dealkylation sites (tertiary alicyclic amines) is 1. The van der Waals surface area contributed by atoms with Crippen LogP contribution in [0.25, 0.3) is 0 Å². The van der Waals surface area contributed by atoms with Gasteiger partial charge >= 0.3 is 5.97 Å². The first-order chi connectivity index (χ1) is 15.6. The molecule has 6 heteroatoms. The quantitative estimate of drug-likeness (QED) is 0.549. The minimum absolute atomic E-state index is 0.425. The van der Waals surface area contributed by atoms with Gasteiger partial charge in [-0.2, -0.15) is 0 Å². The van der Waals surface area contributed by atoms with Gasteiger partial charge in [-0.1, -0.05) is 42.8 Å². The van der Waals surface area contributed by atoms with Crippen molar-refractivity contribution in [2.45, 2.75) is 57.0 Å². The van der Waals surface area contributed by atoms with Gasteiger partial charge in [-0.05, 0) is 69.3 Å². The van der Waals surface area contributed by atoms with Crippen LogP contribution in [0.15, 0.2) is 42.5 Å². The van der Waals surface area contributed by atoms with Crippen molar-refractivity contribution in [3.8, 4) is 0 Å². The molecule has 172 valence electrons. The lowest BCUT2D eigenvalue weighted by molar-refractivity contribution is -0.143. The van der Waals surface area contributed by atoms with E-state index in [1.165, 1.54) is 24.1 Å². The number of pyridine rings is 1. The number of anilines is 1. The summed E-state index contributed by atoms with van der Waals surface area (Å²) in [5.41, 5.74) is 3.41. The molecule has 0 spiro atoms. The van der Waals surface area contributed by atoms with Crippen molar-refractivity contribution in [2.75, 3.05) is 38.5 Å². The van der Waals surface area contributed by atoms with Crippen molar-refractivity contribution in [1.82, 2.24) is 14.8 Å². The Morgan fingerprint density at radius 3 is 2.88 bits per heavy atom. The highest BCUT2D eigenvalue weighted by atomic mass is 16.4. The number of likely N-dealkylation sites (N-methyl/N-ethyl adjacent to an activating group) is 1. The number of hydrogen-bond acceptors (Lipinski definition) is 5. The molecule has 2 aliphatic heterocycles.